The smallest absolute Gasteiger partial charge is 0.312 e. The van der Waals surface area contributed by atoms with Gasteiger partial charge in [0.2, 0.25) is 0 Å². The molecule has 1 fully saturated rings. The number of ether oxygens (including phenoxy) is 3. The number of hydrogen-bond donors (Lipinski definition) is 2. The van der Waals surface area contributed by atoms with Crippen LogP contribution in [0.5, 0.6) is 11.5 Å². The van der Waals surface area contributed by atoms with Crippen molar-refractivity contribution in [2.24, 2.45) is 0 Å². The molecule has 0 amide bonds. The number of benzene rings is 1. The molecule has 3 rings (SSSR count). The van der Waals surface area contributed by atoms with Gasteiger partial charge in [-0.2, -0.15) is 0 Å². The summed E-state index contributed by atoms with van der Waals surface area (Å²) in [6, 6.07) is 3.68. The van der Waals surface area contributed by atoms with Crippen molar-refractivity contribution in [3.05, 3.63) is 38.8 Å². The molecule has 2 N–H and O–H groups in total. The number of hydrogen-bond acceptors (Lipinski definition) is 7. The Balaban J connectivity index is 1.82. The van der Waals surface area contributed by atoms with Crippen molar-refractivity contribution in [3.8, 4) is 11.5 Å². The number of aliphatic hydroxyl groups excluding tert-OH is 1. The summed E-state index contributed by atoms with van der Waals surface area (Å²) < 4.78 is 17.4. The number of nitrogens with zero attached hydrogens (tertiary/aromatic N) is 1. The van der Waals surface area contributed by atoms with E-state index in [-0.39, 0.29) is 6.10 Å². The van der Waals surface area contributed by atoms with E-state index < -0.39 is 24.1 Å². The monoisotopic (exact) mass is 477 g/mol. The summed E-state index contributed by atoms with van der Waals surface area (Å²) in [4.78, 5) is 16.9. The number of aromatic nitrogens is 1. The van der Waals surface area contributed by atoms with Crippen LogP contribution in [0.3, 0.4) is 0 Å². The molecule has 0 unspecified atom stereocenters. The van der Waals surface area contributed by atoms with Crippen LogP contribution in [0.4, 0.5) is 0 Å². The van der Waals surface area contributed by atoms with E-state index in [0.29, 0.717) is 35.6 Å². The Labute approximate surface area is 199 Å². The Morgan fingerprint density at radius 3 is 2.33 bits per heavy atom. The third-order valence-electron chi connectivity index (χ3n) is 6.44. The van der Waals surface area contributed by atoms with Gasteiger partial charge in [0.15, 0.2) is 0 Å². The molecule has 1 aromatic heterocycles. The lowest BCUT2D eigenvalue weighted by Crippen LogP contribution is -2.27. The Hall–Kier alpha value is -2.16. The number of methoxy groups -OCH3 is 2. The van der Waals surface area contributed by atoms with E-state index in [0.717, 1.165) is 41.1 Å². The van der Waals surface area contributed by atoms with Crippen LogP contribution >= 0.6 is 11.3 Å². The van der Waals surface area contributed by atoms with E-state index in [1.807, 2.05) is 26.0 Å². The van der Waals surface area contributed by atoms with Gasteiger partial charge in [-0.1, -0.05) is 12.8 Å². The molecule has 2 aromatic rings. The summed E-state index contributed by atoms with van der Waals surface area (Å²) in [6.45, 7) is 5.48. The Bertz CT molecular complexity index is 927. The molecular weight excluding hydrogens is 442 g/mol. The fourth-order valence-electron chi connectivity index (χ4n) is 4.42. The Morgan fingerprint density at radius 1 is 1.18 bits per heavy atom. The average molecular weight is 478 g/mol. The Kier molecular flexibility index (Phi) is 8.73. The minimum absolute atomic E-state index is 0.138. The number of carboxylic acids is 1. The van der Waals surface area contributed by atoms with E-state index in [2.05, 4.69) is 4.98 Å². The van der Waals surface area contributed by atoms with Crippen molar-refractivity contribution in [1.82, 2.24) is 4.98 Å². The molecule has 1 aromatic carbocycles. The fourth-order valence-corrected chi connectivity index (χ4v) is 5.46. The maximum Gasteiger partial charge on any atom is 0.312 e. The van der Waals surface area contributed by atoms with E-state index in [9.17, 15) is 15.0 Å². The van der Waals surface area contributed by atoms with Gasteiger partial charge >= 0.3 is 5.97 Å². The molecule has 7 nitrogen and oxygen atoms in total. The van der Waals surface area contributed by atoms with Crippen LogP contribution in [0.25, 0.3) is 0 Å². The molecule has 1 aliphatic carbocycles. The second-order valence-electron chi connectivity index (χ2n) is 8.72. The zero-order valence-electron chi connectivity index (χ0n) is 20.1. The Morgan fingerprint density at radius 2 is 1.79 bits per heavy atom. The first-order valence-corrected chi connectivity index (χ1v) is 12.3. The van der Waals surface area contributed by atoms with E-state index >= 15 is 0 Å². The minimum atomic E-state index is -0.880. The largest absolute Gasteiger partial charge is 0.496 e. The molecule has 1 saturated carbocycles. The van der Waals surface area contributed by atoms with Crippen LogP contribution in [-0.2, 0) is 16.0 Å². The van der Waals surface area contributed by atoms with Gasteiger partial charge in [0.1, 0.15) is 17.6 Å². The average Bonchev–Trinajstić information content (AvgIpc) is 3.45. The summed E-state index contributed by atoms with van der Waals surface area (Å²) in [5.41, 5.74) is 2.18. The molecule has 33 heavy (non-hydrogen) atoms. The molecule has 3 atom stereocenters. The highest BCUT2D eigenvalue weighted by Crippen LogP contribution is 2.36. The predicted molar refractivity (Wildman–Crippen MR) is 128 cm³/mol. The molecule has 1 heterocycles. The van der Waals surface area contributed by atoms with E-state index in [1.54, 1.807) is 21.1 Å². The van der Waals surface area contributed by atoms with Crippen LogP contribution in [0.1, 0.15) is 77.8 Å². The molecule has 182 valence electrons. The number of aliphatic hydroxyl groups is 1. The predicted octanol–water partition coefficient (Wildman–Crippen LogP) is 4.96. The lowest BCUT2D eigenvalue weighted by Gasteiger charge is -2.27. The first kappa shape index (κ1) is 25.5. The van der Waals surface area contributed by atoms with Gasteiger partial charge in [-0.3, -0.25) is 4.79 Å². The second kappa shape index (κ2) is 11.3. The molecule has 0 spiro atoms. The van der Waals surface area contributed by atoms with Gasteiger partial charge in [0.25, 0.3) is 0 Å². The number of thiazole rings is 1. The third kappa shape index (κ3) is 6.05. The summed E-state index contributed by atoms with van der Waals surface area (Å²) in [7, 11) is 3.20. The number of carboxylic acid groups (broad SMARTS) is 1. The SMILES string of the molecule is COc1cc([C@@H](O)[C@H](CCc2nc([C@@H](C)C(=O)O)c(C)s2)OC2CCCC2)cc(OC)c1C. The normalized spacial score (nSPS) is 17.0. The van der Waals surface area contributed by atoms with Gasteiger partial charge in [-0.25, -0.2) is 4.98 Å². The topological polar surface area (TPSA) is 98.1 Å². The highest BCUT2D eigenvalue weighted by Gasteiger charge is 2.29. The summed E-state index contributed by atoms with van der Waals surface area (Å²) in [6.07, 6.45) is 4.32. The number of aryl methyl sites for hydroxylation is 2. The molecule has 1 aliphatic rings. The van der Waals surface area contributed by atoms with Crippen LogP contribution in [-0.4, -0.2) is 47.6 Å². The van der Waals surface area contributed by atoms with Crippen molar-refractivity contribution in [2.45, 2.75) is 83.5 Å². The second-order valence-corrected chi connectivity index (χ2v) is 10.0. The third-order valence-corrected chi connectivity index (χ3v) is 7.48. The molecule has 0 radical (unpaired) electrons. The van der Waals surface area contributed by atoms with Gasteiger partial charge < -0.3 is 24.4 Å². The number of rotatable bonds is 11. The molecule has 8 heteroatoms. The first-order valence-electron chi connectivity index (χ1n) is 11.5. The highest BCUT2D eigenvalue weighted by atomic mass is 32.1. The van der Waals surface area contributed by atoms with Gasteiger partial charge in [0.05, 0.1) is 43.0 Å². The maximum atomic E-state index is 11.4. The van der Waals surface area contributed by atoms with Gasteiger partial charge in [-0.05, 0) is 57.7 Å². The standard InChI is InChI=1S/C25H35NO6S/c1-14-20(30-4)12-17(13-21(14)31-5)24(27)19(32-18-8-6-7-9-18)10-11-22-26-23(16(3)33-22)15(2)25(28)29/h12-13,15,18-19,24,27H,6-11H2,1-5H3,(H,28,29)/t15-,19+,24-/m1/s1. The van der Waals surface area contributed by atoms with Crippen LogP contribution in [0.15, 0.2) is 12.1 Å². The number of aliphatic carboxylic acids is 1. The maximum absolute atomic E-state index is 11.4. The minimum Gasteiger partial charge on any atom is -0.496 e. The van der Waals surface area contributed by atoms with Crippen LogP contribution < -0.4 is 9.47 Å². The summed E-state index contributed by atoms with van der Waals surface area (Å²) in [5.74, 6) is -0.203. The van der Waals surface area contributed by atoms with E-state index in [1.165, 1.54) is 11.3 Å². The molecular formula is C25H35NO6S. The molecule has 0 aliphatic heterocycles. The van der Waals surface area contributed by atoms with Crippen molar-refractivity contribution in [1.29, 1.82) is 0 Å². The lowest BCUT2D eigenvalue weighted by molar-refractivity contribution is -0.138. The summed E-state index contributed by atoms with van der Waals surface area (Å²) >= 11 is 1.51. The fraction of sp³-hybridized carbons (Fsp3) is 0.600. The van der Waals surface area contributed by atoms with Crippen molar-refractivity contribution in [3.63, 3.8) is 0 Å². The van der Waals surface area contributed by atoms with Crippen molar-refractivity contribution < 1.29 is 29.2 Å². The zero-order chi connectivity index (χ0) is 24.1. The molecule has 0 bridgehead atoms. The quantitative estimate of drug-likeness (QED) is 0.472. The van der Waals surface area contributed by atoms with Crippen molar-refractivity contribution in [2.75, 3.05) is 14.2 Å². The lowest BCUT2D eigenvalue weighted by atomic mass is 9.98. The van der Waals surface area contributed by atoms with Crippen LogP contribution in [0.2, 0.25) is 0 Å². The van der Waals surface area contributed by atoms with Crippen molar-refractivity contribution >= 4 is 17.3 Å². The highest BCUT2D eigenvalue weighted by molar-refractivity contribution is 7.11. The van der Waals surface area contributed by atoms with Gasteiger partial charge in [0, 0.05) is 16.9 Å². The van der Waals surface area contributed by atoms with Gasteiger partial charge in [-0.15, -0.1) is 11.3 Å². The zero-order valence-corrected chi connectivity index (χ0v) is 20.9. The number of carbonyl (C=O) groups is 1. The molecule has 0 saturated heterocycles. The van der Waals surface area contributed by atoms with Crippen LogP contribution in [0, 0.1) is 13.8 Å². The van der Waals surface area contributed by atoms with E-state index in [4.69, 9.17) is 14.2 Å². The first-order chi connectivity index (χ1) is 15.7. The summed E-state index contributed by atoms with van der Waals surface area (Å²) in [5, 5.41) is 21.5.